The van der Waals surface area contributed by atoms with Gasteiger partial charge in [0.05, 0.1) is 0 Å². The van der Waals surface area contributed by atoms with Crippen molar-refractivity contribution in [3.63, 3.8) is 0 Å². The zero-order valence-electron chi connectivity index (χ0n) is 4.66. The van der Waals surface area contributed by atoms with Crippen LogP contribution in [-0.4, -0.2) is 61.0 Å². The molecule has 0 rings (SSSR count). The molecule has 0 radical (unpaired) electrons. The second-order valence-electron chi connectivity index (χ2n) is 0.992. The molecule has 0 heterocycles. The van der Waals surface area contributed by atoms with Crippen molar-refractivity contribution < 1.29 is 40.1 Å². The van der Waals surface area contributed by atoms with Crippen LogP contribution in [0.25, 0.3) is 0 Å². The molecule has 0 aromatic carbocycles. The number of hydrogen-bond acceptors (Lipinski definition) is 6. The summed E-state index contributed by atoms with van der Waals surface area (Å²) in [6.07, 6.45) is 0. The Hall–Kier alpha value is 0.700. The molecule has 12 heavy (non-hydrogen) atoms. The predicted octanol–water partition coefficient (Wildman–Crippen LogP) is -2.93. The second-order valence-corrected chi connectivity index (χ2v) is 2.97. The van der Waals surface area contributed by atoms with E-state index in [0.717, 1.165) is 0 Å². The molecule has 0 spiro atoms. The van der Waals surface area contributed by atoms with E-state index in [1.807, 2.05) is 0 Å². The van der Waals surface area contributed by atoms with Crippen molar-refractivity contribution in [3.8, 4) is 0 Å². The first-order chi connectivity index (χ1) is 4.21. The average Bonchev–Trinajstić information content (AvgIpc) is 1.57. The summed E-state index contributed by atoms with van der Waals surface area (Å²) in [7, 11) is -10.0. The Morgan fingerprint density at radius 2 is 1.00 bits per heavy atom. The van der Waals surface area contributed by atoms with Crippen LogP contribution in [-0.2, 0) is 29.5 Å². The van der Waals surface area contributed by atoms with Crippen LogP contribution in [0.4, 0.5) is 0 Å². The molecule has 0 atom stereocenters. The van der Waals surface area contributed by atoms with Crippen LogP contribution < -0.4 is 0 Å². The van der Waals surface area contributed by atoms with Gasteiger partial charge in [-0.3, -0.25) is 9.11 Å². The first-order valence-electron chi connectivity index (χ1n) is 1.53. The van der Waals surface area contributed by atoms with Crippen LogP contribution in [0.2, 0.25) is 0 Å². The Bertz CT molecular complexity index is 248. The van der Waals surface area contributed by atoms with Gasteiger partial charge in [0.25, 0.3) is 0 Å². The molecular weight excluding hydrogens is 231 g/mol. The van der Waals surface area contributed by atoms with E-state index >= 15 is 0 Å². The number of rotatable bonds is 3. The van der Waals surface area contributed by atoms with Crippen LogP contribution in [0.3, 0.4) is 0 Å². The molecule has 4 N–H and O–H groups in total. The molecule has 9 nitrogen and oxygen atoms in total. The fourth-order valence-corrected chi connectivity index (χ4v) is 0.632. The van der Waals surface area contributed by atoms with Gasteiger partial charge in [0.15, 0.2) is 0 Å². The SMILES string of the molecule is O.O=S(=O)(O)OOS(=O)(=O)O.[NaH]. The van der Waals surface area contributed by atoms with Crippen molar-refractivity contribution in [1.82, 2.24) is 0 Å². The summed E-state index contributed by atoms with van der Waals surface area (Å²) in [4.78, 5) is 0. The molecule has 0 aliphatic carbocycles. The topological polar surface area (TPSA) is 159 Å². The fourth-order valence-electron chi connectivity index (χ4n) is 0.0702. The summed E-state index contributed by atoms with van der Waals surface area (Å²) in [6, 6.07) is 0. The molecule has 72 valence electrons. The Labute approximate surface area is 90.1 Å². The van der Waals surface area contributed by atoms with E-state index in [9.17, 15) is 16.8 Å². The van der Waals surface area contributed by atoms with E-state index in [1.54, 1.807) is 0 Å². The first-order valence-corrected chi connectivity index (χ1v) is 4.26. The van der Waals surface area contributed by atoms with Crippen molar-refractivity contribution in [1.29, 1.82) is 0 Å². The second kappa shape index (κ2) is 6.20. The summed E-state index contributed by atoms with van der Waals surface area (Å²) in [5, 5.41) is 0. The van der Waals surface area contributed by atoms with E-state index in [4.69, 9.17) is 9.11 Å². The van der Waals surface area contributed by atoms with Gasteiger partial charge in [0.2, 0.25) is 0 Å². The van der Waals surface area contributed by atoms with Gasteiger partial charge in [-0.15, -0.1) is 0 Å². The van der Waals surface area contributed by atoms with Gasteiger partial charge in [0.1, 0.15) is 0 Å². The molecule has 0 amide bonds. The van der Waals surface area contributed by atoms with Crippen LogP contribution >= 0.6 is 0 Å². The van der Waals surface area contributed by atoms with E-state index in [-0.39, 0.29) is 35.0 Å². The molecule has 12 heteroatoms. The van der Waals surface area contributed by atoms with E-state index in [1.165, 1.54) is 0 Å². The summed E-state index contributed by atoms with van der Waals surface area (Å²) >= 11 is 0. The van der Waals surface area contributed by atoms with Gasteiger partial charge >= 0.3 is 50.4 Å². The summed E-state index contributed by atoms with van der Waals surface area (Å²) in [5.74, 6) is 0. The quantitative estimate of drug-likeness (QED) is 0.228. The Balaban J connectivity index is -0.000000405. The van der Waals surface area contributed by atoms with Gasteiger partial charge in [-0.25, -0.2) is 0 Å². The predicted molar refractivity (Wildman–Crippen MR) is 36.0 cm³/mol. The molecule has 0 saturated heterocycles. The molecule has 0 aliphatic rings. The van der Waals surface area contributed by atoms with Crippen molar-refractivity contribution in [2.45, 2.75) is 0 Å². The summed E-state index contributed by atoms with van der Waals surface area (Å²) in [6.45, 7) is 0. The fraction of sp³-hybridized carbons (Fsp3) is 0. The normalized spacial score (nSPS) is 11.2. The standard InChI is InChI=1S/Na.H2O8S2.H2O.H/c;1-9(2,3)7-8-10(4,5)6;;/h;(H,1,2,3)(H,4,5,6);1H2;. The molecule has 0 saturated carbocycles. The van der Waals surface area contributed by atoms with E-state index < -0.39 is 20.8 Å². The van der Waals surface area contributed by atoms with Gasteiger partial charge < -0.3 is 5.48 Å². The minimum absolute atomic E-state index is 0. The van der Waals surface area contributed by atoms with Gasteiger partial charge in [0, 0.05) is 0 Å². The summed E-state index contributed by atoms with van der Waals surface area (Å²) in [5.41, 5.74) is 0. The van der Waals surface area contributed by atoms with Crippen LogP contribution in [0.5, 0.6) is 0 Å². The molecule has 0 fully saturated rings. The van der Waals surface area contributed by atoms with Crippen LogP contribution in [0.1, 0.15) is 0 Å². The third kappa shape index (κ3) is 17.0. The van der Waals surface area contributed by atoms with Gasteiger partial charge in [-0.2, -0.15) is 16.8 Å². The molecule has 0 bridgehead atoms. The maximum atomic E-state index is 9.51. The molecule has 0 aromatic rings. The molecule has 0 unspecified atom stereocenters. The van der Waals surface area contributed by atoms with Crippen molar-refractivity contribution in [3.05, 3.63) is 0 Å². The van der Waals surface area contributed by atoms with E-state index in [2.05, 4.69) is 8.67 Å². The third-order valence-corrected chi connectivity index (χ3v) is 0.766. The Morgan fingerprint density at radius 3 is 1.08 bits per heavy atom. The van der Waals surface area contributed by atoms with Crippen LogP contribution in [0.15, 0.2) is 0 Å². The van der Waals surface area contributed by atoms with Crippen molar-refractivity contribution in [2.75, 3.05) is 0 Å². The van der Waals surface area contributed by atoms with Gasteiger partial charge in [-0.1, -0.05) is 8.67 Å². The third-order valence-electron chi connectivity index (χ3n) is 0.200. The molecule has 0 aromatic heterocycles. The molecular formula is H5NaO9S2. The Morgan fingerprint density at radius 1 is 0.833 bits per heavy atom. The van der Waals surface area contributed by atoms with Crippen molar-refractivity contribution in [2.24, 2.45) is 0 Å². The zero-order valence-corrected chi connectivity index (χ0v) is 6.29. The first kappa shape index (κ1) is 18.5. The Kier molecular flexibility index (Phi) is 9.54. The maximum absolute atomic E-state index is 9.51. The van der Waals surface area contributed by atoms with Crippen LogP contribution in [0, 0.1) is 0 Å². The van der Waals surface area contributed by atoms with Gasteiger partial charge in [-0.05, 0) is 0 Å². The zero-order chi connectivity index (χ0) is 8.41. The summed E-state index contributed by atoms with van der Waals surface area (Å²) < 4.78 is 58.9. The monoisotopic (exact) mass is 236 g/mol. The molecule has 0 aliphatic heterocycles. The number of hydrogen-bond donors (Lipinski definition) is 2. The minimum atomic E-state index is -5.02. The van der Waals surface area contributed by atoms with E-state index in [0.29, 0.717) is 0 Å². The van der Waals surface area contributed by atoms with Crippen molar-refractivity contribution >= 4 is 50.4 Å². The average molecular weight is 236 g/mol.